The molecule has 1 atom stereocenters. The zero-order valence-corrected chi connectivity index (χ0v) is 11.5. The first-order chi connectivity index (χ1) is 7.91. The van der Waals surface area contributed by atoms with Crippen LogP contribution in [0, 0.1) is 5.41 Å². The molecule has 100 valence electrons. The summed E-state index contributed by atoms with van der Waals surface area (Å²) in [5.41, 5.74) is 0.483. The lowest BCUT2D eigenvalue weighted by atomic mass is 9.77. The van der Waals surface area contributed by atoms with E-state index in [1.807, 2.05) is 4.90 Å². The van der Waals surface area contributed by atoms with Gasteiger partial charge in [0.25, 0.3) is 0 Å². The predicted octanol–water partition coefficient (Wildman–Crippen LogP) is 3.97. The zero-order valence-electron chi connectivity index (χ0n) is 9.90. The Balaban J connectivity index is 1.79. The topological polar surface area (TPSA) is 3.24 Å². The lowest BCUT2D eigenvalue weighted by molar-refractivity contribution is -0.131. The van der Waals surface area contributed by atoms with E-state index in [1.54, 1.807) is 0 Å². The smallest absolute Gasteiger partial charge is 0.302 e. The average Bonchev–Trinajstić information content (AvgIpc) is 2.69. The van der Waals surface area contributed by atoms with Gasteiger partial charge < -0.3 is 4.90 Å². The van der Waals surface area contributed by atoms with Gasteiger partial charge in [-0.3, -0.25) is 0 Å². The van der Waals surface area contributed by atoms with E-state index in [0.29, 0.717) is 5.41 Å². The maximum atomic E-state index is 12.4. The van der Waals surface area contributed by atoms with Crippen LogP contribution in [-0.4, -0.2) is 35.5 Å². The fourth-order valence-electron chi connectivity index (χ4n) is 3.17. The van der Waals surface area contributed by atoms with Crippen LogP contribution in [0.15, 0.2) is 0 Å². The summed E-state index contributed by atoms with van der Waals surface area (Å²) < 4.78 is 37.3. The molecule has 0 bridgehead atoms. The molecule has 0 aromatic carbocycles. The fourth-order valence-corrected chi connectivity index (χ4v) is 3.57. The van der Waals surface area contributed by atoms with Crippen molar-refractivity contribution in [3.05, 3.63) is 0 Å². The van der Waals surface area contributed by atoms with Gasteiger partial charge in [0.15, 0.2) is 0 Å². The molecule has 1 unspecified atom stereocenters. The zero-order chi connectivity index (χ0) is 12.5. The Morgan fingerprint density at radius 2 is 1.59 bits per heavy atom. The first-order valence-electron chi connectivity index (χ1n) is 6.34. The second kappa shape index (κ2) is 5.08. The summed E-state index contributed by atoms with van der Waals surface area (Å²) in [6, 6.07) is 0. The molecule has 0 radical (unpaired) electrons. The quantitative estimate of drug-likeness (QED) is 0.697. The van der Waals surface area contributed by atoms with Crippen molar-refractivity contribution in [3.8, 4) is 0 Å². The predicted molar refractivity (Wildman–Crippen MR) is 65.3 cm³/mol. The highest BCUT2D eigenvalue weighted by atomic mass is 79.9. The van der Waals surface area contributed by atoms with Gasteiger partial charge in [-0.2, -0.15) is 13.2 Å². The lowest BCUT2D eigenvalue weighted by Crippen LogP contribution is -2.44. The van der Waals surface area contributed by atoms with Crippen LogP contribution in [0.2, 0.25) is 0 Å². The Morgan fingerprint density at radius 1 is 1.06 bits per heavy atom. The molecule has 1 aliphatic heterocycles. The van der Waals surface area contributed by atoms with Crippen LogP contribution in [0.1, 0.15) is 38.5 Å². The molecule has 0 amide bonds. The summed E-state index contributed by atoms with van der Waals surface area (Å²) in [6.45, 7) is 1.76. The summed E-state index contributed by atoms with van der Waals surface area (Å²) in [4.78, 5) is 0.573. The van der Waals surface area contributed by atoms with Crippen LogP contribution in [0.5, 0.6) is 0 Å². The molecule has 1 aliphatic carbocycles. The molecule has 0 N–H and O–H groups in total. The molecular weight excluding hydrogens is 295 g/mol. The number of alkyl halides is 4. The number of hydrogen-bond acceptors (Lipinski definition) is 1. The van der Waals surface area contributed by atoms with E-state index in [9.17, 15) is 13.2 Å². The van der Waals surface area contributed by atoms with Crippen molar-refractivity contribution in [2.45, 2.75) is 49.5 Å². The molecule has 1 saturated carbocycles. The number of piperidine rings is 1. The first-order valence-corrected chi connectivity index (χ1v) is 7.26. The highest BCUT2D eigenvalue weighted by molar-refractivity contribution is 9.09. The van der Waals surface area contributed by atoms with Crippen LogP contribution in [0.25, 0.3) is 0 Å². The van der Waals surface area contributed by atoms with Crippen LogP contribution >= 0.6 is 15.9 Å². The van der Waals surface area contributed by atoms with Crippen molar-refractivity contribution in [2.75, 3.05) is 19.6 Å². The molecule has 1 nitrogen and oxygen atoms in total. The van der Waals surface area contributed by atoms with Crippen molar-refractivity contribution in [3.63, 3.8) is 0 Å². The standard InChI is InChI=1S/C12H19BrF3N/c13-10(12(14,15)16)9-17-7-5-11(6-8-17)3-1-2-4-11/h10H,1-9H2. The molecule has 17 heavy (non-hydrogen) atoms. The van der Waals surface area contributed by atoms with Gasteiger partial charge in [0.2, 0.25) is 0 Å². The molecule has 5 heteroatoms. The van der Waals surface area contributed by atoms with Gasteiger partial charge in [-0.15, -0.1) is 0 Å². The molecule has 1 saturated heterocycles. The molecule has 1 spiro atoms. The summed E-state index contributed by atoms with van der Waals surface area (Å²) in [5.74, 6) is 0. The number of rotatable bonds is 2. The van der Waals surface area contributed by atoms with Crippen LogP contribution < -0.4 is 0 Å². The average molecular weight is 314 g/mol. The number of hydrogen-bond donors (Lipinski definition) is 0. The minimum Gasteiger partial charge on any atom is -0.302 e. The second-order valence-electron chi connectivity index (χ2n) is 5.52. The molecular formula is C12H19BrF3N. The van der Waals surface area contributed by atoms with Gasteiger partial charge in [0, 0.05) is 6.54 Å². The number of likely N-dealkylation sites (tertiary alicyclic amines) is 1. The van der Waals surface area contributed by atoms with Crippen molar-refractivity contribution < 1.29 is 13.2 Å². The van der Waals surface area contributed by atoms with Gasteiger partial charge in [-0.25, -0.2) is 0 Å². The fraction of sp³-hybridized carbons (Fsp3) is 1.00. The van der Waals surface area contributed by atoms with Crippen molar-refractivity contribution in [1.29, 1.82) is 0 Å². The number of nitrogens with zero attached hydrogens (tertiary/aromatic N) is 1. The van der Waals surface area contributed by atoms with Gasteiger partial charge >= 0.3 is 6.18 Å². The summed E-state index contributed by atoms with van der Waals surface area (Å²) in [6.07, 6.45) is 3.25. The highest BCUT2D eigenvalue weighted by Gasteiger charge is 2.41. The lowest BCUT2D eigenvalue weighted by Gasteiger charge is -2.40. The SMILES string of the molecule is FC(F)(F)C(Br)CN1CCC2(CCCC2)CC1. The van der Waals surface area contributed by atoms with E-state index < -0.39 is 11.0 Å². The van der Waals surface area contributed by atoms with Gasteiger partial charge in [0.1, 0.15) is 4.83 Å². The first kappa shape index (κ1) is 13.7. The summed E-state index contributed by atoms with van der Waals surface area (Å²) in [5, 5.41) is 0. The van der Waals surface area contributed by atoms with Crippen LogP contribution in [0.4, 0.5) is 13.2 Å². The van der Waals surface area contributed by atoms with Crippen molar-refractivity contribution in [2.24, 2.45) is 5.41 Å². The third-order valence-electron chi connectivity index (χ3n) is 4.35. The highest BCUT2D eigenvalue weighted by Crippen LogP contribution is 2.46. The monoisotopic (exact) mass is 313 g/mol. The third kappa shape index (κ3) is 3.37. The van der Waals surface area contributed by atoms with Crippen LogP contribution in [-0.2, 0) is 0 Å². The van der Waals surface area contributed by atoms with E-state index in [0.717, 1.165) is 25.9 Å². The second-order valence-corrected chi connectivity index (χ2v) is 6.62. The summed E-state index contributed by atoms with van der Waals surface area (Å²) >= 11 is 2.74. The molecule has 1 heterocycles. The Bertz CT molecular complexity index is 251. The number of halogens is 4. The molecule has 0 aromatic heterocycles. The minimum absolute atomic E-state index is 0.0968. The van der Waals surface area contributed by atoms with E-state index >= 15 is 0 Å². The Hall–Kier alpha value is 0.230. The normalized spacial score (nSPS) is 27.5. The Labute approximate surface area is 109 Å². The van der Waals surface area contributed by atoms with E-state index in [2.05, 4.69) is 15.9 Å². The Kier molecular flexibility index (Phi) is 4.08. The van der Waals surface area contributed by atoms with Gasteiger partial charge in [-0.05, 0) is 44.2 Å². The summed E-state index contributed by atoms with van der Waals surface area (Å²) in [7, 11) is 0. The minimum atomic E-state index is -4.12. The molecule has 0 aromatic rings. The maximum Gasteiger partial charge on any atom is 0.402 e. The van der Waals surface area contributed by atoms with E-state index in [1.165, 1.54) is 25.7 Å². The van der Waals surface area contributed by atoms with Gasteiger partial charge in [0.05, 0.1) is 0 Å². The maximum absolute atomic E-state index is 12.4. The molecule has 2 aliphatic rings. The Morgan fingerprint density at radius 3 is 2.06 bits per heavy atom. The third-order valence-corrected chi connectivity index (χ3v) is 5.16. The van der Waals surface area contributed by atoms with Gasteiger partial charge in [-0.1, -0.05) is 28.8 Å². The molecule has 2 fully saturated rings. The van der Waals surface area contributed by atoms with Crippen LogP contribution in [0.3, 0.4) is 0 Å². The van der Waals surface area contributed by atoms with E-state index in [-0.39, 0.29) is 6.54 Å². The van der Waals surface area contributed by atoms with E-state index in [4.69, 9.17) is 0 Å². The largest absolute Gasteiger partial charge is 0.402 e. The van der Waals surface area contributed by atoms with Crippen molar-refractivity contribution >= 4 is 15.9 Å². The van der Waals surface area contributed by atoms with Crippen molar-refractivity contribution in [1.82, 2.24) is 4.90 Å². The molecule has 2 rings (SSSR count).